The van der Waals surface area contributed by atoms with Gasteiger partial charge in [-0.3, -0.25) is 0 Å². The predicted molar refractivity (Wildman–Crippen MR) is 68.2 cm³/mol. The van der Waals surface area contributed by atoms with Crippen molar-refractivity contribution in [2.45, 2.75) is 13.3 Å². The molecule has 0 heterocycles. The van der Waals surface area contributed by atoms with Crippen molar-refractivity contribution < 1.29 is 4.74 Å². The van der Waals surface area contributed by atoms with Crippen LogP contribution in [0, 0.1) is 6.92 Å². The molecule has 1 N–H and O–H groups in total. The van der Waals surface area contributed by atoms with Crippen LogP contribution < -0.4 is 10.1 Å². The largest absolute Gasteiger partial charge is 0.496 e. The zero-order valence-corrected chi connectivity index (χ0v) is 10.3. The van der Waals surface area contributed by atoms with Gasteiger partial charge in [0.25, 0.3) is 0 Å². The summed E-state index contributed by atoms with van der Waals surface area (Å²) in [5.74, 6) is 1.86. The summed E-state index contributed by atoms with van der Waals surface area (Å²) in [6, 6.07) is 6.29. The number of ether oxygens (including phenoxy) is 1. The molecule has 0 saturated heterocycles. The highest BCUT2D eigenvalue weighted by Crippen LogP contribution is 2.19. The summed E-state index contributed by atoms with van der Waals surface area (Å²) in [5, 5.41) is 3.32. The van der Waals surface area contributed by atoms with Crippen LogP contribution >= 0.6 is 12.6 Å². The molecule has 1 aromatic rings. The van der Waals surface area contributed by atoms with Crippen molar-refractivity contribution in [2.75, 3.05) is 26.0 Å². The Kier molecular flexibility index (Phi) is 5.58. The standard InChI is InChI=1S/C12H19NOS/c1-10-3-4-12(14-2)11(9-10)5-6-13-7-8-15/h3-4,9,13,15H,5-8H2,1-2H3. The molecule has 3 heteroatoms. The molecule has 0 fully saturated rings. The fourth-order valence-electron chi connectivity index (χ4n) is 1.53. The summed E-state index contributed by atoms with van der Waals surface area (Å²) < 4.78 is 5.31. The van der Waals surface area contributed by atoms with Crippen molar-refractivity contribution in [3.05, 3.63) is 29.3 Å². The molecule has 0 atom stereocenters. The van der Waals surface area contributed by atoms with E-state index in [1.165, 1.54) is 11.1 Å². The minimum absolute atomic E-state index is 0.880. The lowest BCUT2D eigenvalue weighted by Gasteiger charge is -2.09. The number of methoxy groups -OCH3 is 1. The van der Waals surface area contributed by atoms with Crippen molar-refractivity contribution >= 4 is 12.6 Å². The van der Waals surface area contributed by atoms with Crippen molar-refractivity contribution in [2.24, 2.45) is 0 Å². The molecule has 0 radical (unpaired) electrons. The van der Waals surface area contributed by atoms with Gasteiger partial charge in [-0.25, -0.2) is 0 Å². The van der Waals surface area contributed by atoms with Crippen LogP contribution in [0.1, 0.15) is 11.1 Å². The summed E-state index contributed by atoms with van der Waals surface area (Å²) in [4.78, 5) is 0. The topological polar surface area (TPSA) is 21.3 Å². The molecule has 15 heavy (non-hydrogen) atoms. The van der Waals surface area contributed by atoms with Crippen molar-refractivity contribution in [1.82, 2.24) is 5.32 Å². The van der Waals surface area contributed by atoms with E-state index in [1.807, 2.05) is 6.07 Å². The highest BCUT2D eigenvalue weighted by atomic mass is 32.1. The summed E-state index contributed by atoms with van der Waals surface area (Å²) in [6.07, 6.45) is 0.999. The molecule has 0 aliphatic rings. The zero-order valence-electron chi connectivity index (χ0n) is 9.42. The third-order valence-corrected chi connectivity index (χ3v) is 2.52. The lowest BCUT2D eigenvalue weighted by Crippen LogP contribution is -2.19. The van der Waals surface area contributed by atoms with Gasteiger partial charge < -0.3 is 10.1 Å². The number of benzene rings is 1. The maximum Gasteiger partial charge on any atom is 0.122 e. The van der Waals surface area contributed by atoms with E-state index < -0.39 is 0 Å². The number of thiol groups is 1. The SMILES string of the molecule is COc1ccc(C)cc1CCNCCS. The third-order valence-electron chi connectivity index (χ3n) is 2.30. The van der Waals surface area contributed by atoms with Crippen molar-refractivity contribution in [3.63, 3.8) is 0 Å². The lowest BCUT2D eigenvalue weighted by atomic mass is 10.1. The van der Waals surface area contributed by atoms with Gasteiger partial charge in [0, 0.05) is 12.3 Å². The predicted octanol–water partition coefficient (Wildman–Crippen LogP) is 2.07. The first-order chi connectivity index (χ1) is 7.27. The first kappa shape index (κ1) is 12.4. The Labute approximate surface area is 97.4 Å². The van der Waals surface area contributed by atoms with E-state index in [-0.39, 0.29) is 0 Å². The molecule has 1 rings (SSSR count). The Bertz CT molecular complexity index is 302. The van der Waals surface area contributed by atoms with E-state index >= 15 is 0 Å². The van der Waals surface area contributed by atoms with E-state index in [9.17, 15) is 0 Å². The van der Waals surface area contributed by atoms with Crippen LogP contribution in [0.3, 0.4) is 0 Å². The minimum atomic E-state index is 0.880. The van der Waals surface area contributed by atoms with Gasteiger partial charge >= 0.3 is 0 Å². The maximum atomic E-state index is 5.31. The smallest absolute Gasteiger partial charge is 0.122 e. The van der Waals surface area contributed by atoms with Crippen LogP contribution in [0.5, 0.6) is 5.75 Å². The third kappa shape index (κ3) is 4.14. The van der Waals surface area contributed by atoms with E-state index in [2.05, 4.69) is 37.0 Å². The summed E-state index contributed by atoms with van der Waals surface area (Å²) in [5.41, 5.74) is 2.55. The first-order valence-corrected chi connectivity index (χ1v) is 5.86. The number of rotatable bonds is 6. The molecular formula is C12H19NOS. The van der Waals surface area contributed by atoms with E-state index in [4.69, 9.17) is 4.74 Å². The van der Waals surface area contributed by atoms with Crippen LogP contribution in [-0.2, 0) is 6.42 Å². The van der Waals surface area contributed by atoms with E-state index in [0.29, 0.717) is 0 Å². The van der Waals surface area contributed by atoms with Gasteiger partial charge in [0.2, 0.25) is 0 Å². The maximum absolute atomic E-state index is 5.31. The number of hydrogen-bond donors (Lipinski definition) is 2. The molecule has 0 aliphatic heterocycles. The van der Waals surface area contributed by atoms with Gasteiger partial charge in [0.05, 0.1) is 7.11 Å². The summed E-state index contributed by atoms with van der Waals surface area (Å²) in [6.45, 7) is 4.03. The quantitative estimate of drug-likeness (QED) is 0.571. The molecule has 0 aliphatic carbocycles. The molecule has 84 valence electrons. The summed E-state index contributed by atoms with van der Waals surface area (Å²) >= 11 is 4.15. The zero-order chi connectivity index (χ0) is 11.1. The Morgan fingerprint density at radius 2 is 2.13 bits per heavy atom. The molecule has 0 amide bonds. The lowest BCUT2D eigenvalue weighted by molar-refractivity contribution is 0.409. The Morgan fingerprint density at radius 1 is 1.33 bits per heavy atom. The number of nitrogens with one attached hydrogen (secondary N) is 1. The first-order valence-electron chi connectivity index (χ1n) is 5.23. The Balaban J connectivity index is 2.54. The molecular weight excluding hydrogens is 206 g/mol. The Morgan fingerprint density at radius 3 is 2.80 bits per heavy atom. The molecule has 0 aromatic heterocycles. The van der Waals surface area contributed by atoms with E-state index in [0.717, 1.165) is 31.0 Å². The van der Waals surface area contributed by atoms with Gasteiger partial charge in [-0.05, 0) is 31.5 Å². The van der Waals surface area contributed by atoms with Crippen LogP contribution in [0.2, 0.25) is 0 Å². The number of aryl methyl sites for hydroxylation is 1. The van der Waals surface area contributed by atoms with Crippen molar-refractivity contribution in [3.8, 4) is 5.75 Å². The Hall–Kier alpha value is -0.670. The molecule has 1 aromatic carbocycles. The highest BCUT2D eigenvalue weighted by molar-refractivity contribution is 7.80. The van der Waals surface area contributed by atoms with E-state index in [1.54, 1.807) is 7.11 Å². The van der Waals surface area contributed by atoms with Gasteiger partial charge in [0.15, 0.2) is 0 Å². The van der Waals surface area contributed by atoms with Crippen LogP contribution in [0.4, 0.5) is 0 Å². The minimum Gasteiger partial charge on any atom is -0.496 e. The van der Waals surface area contributed by atoms with Gasteiger partial charge in [-0.15, -0.1) is 0 Å². The van der Waals surface area contributed by atoms with Crippen LogP contribution in [0.25, 0.3) is 0 Å². The average Bonchev–Trinajstić information content (AvgIpc) is 2.25. The second-order valence-corrected chi connectivity index (χ2v) is 3.99. The normalized spacial score (nSPS) is 10.3. The van der Waals surface area contributed by atoms with Crippen molar-refractivity contribution in [1.29, 1.82) is 0 Å². The fraction of sp³-hybridized carbons (Fsp3) is 0.500. The molecule has 0 bridgehead atoms. The van der Waals surface area contributed by atoms with Crippen LogP contribution in [0.15, 0.2) is 18.2 Å². The van der Waals surface area contributed by atoms with Gasteiger partial charge in [-0.1, -0.05) is 17.7 Å². The molecule has 0 spiro atoms. The average molecular weight is 225 g/mol. The number of hydrogen-bond acceptors (Lipinski definition) is 3. The second-order valence-electron chi connectivity index (χ2n) is 3.54. The van der Waals surface area contributed by atoms with Gasteiger partial charge in [0.1, 0.15) is 5.75 Å². The fourth-order valence-corrected chi connectivity index (χ4v) is 1.69. The molecule has 0 unspecified atom stereocenters. The molecule has 0 saturated carbocycles. The monoisotopic (exact) mass is 225 g/mol. The summed E-state index contributed by atoms with van der Waals surface area (Å²) in [7, 11) is 1.72. The second kappa shape index (κ2) is 6.75. The van der Waals surface area contributed by atoms with Crippen LogP contribution in [-0.4, -0.2) is 26.0 Å². The highest BCUT2D eigenvalue weighted by Gasteiger charge is 2.02. The van der Waals surface area contributed by atoms with Gasteiger partial charge in [-0.2, -0.15) is 12.6 Å². The molecule has 2 nitrogen and oxygen atoms in total.